The third kappa shape index (κ3) is 4.35. The number of hydrogen-bond donors (Lipinski definition) is 4. The molecule has 6 N–H and O–H groups in total. The van der Waals surface area contributed by atoms with Gasteiger partial charge in [0, 0.05) is 23.7 Å². The van der Waals surface area contributed by atoms with Crippen molar-refractivity contribution in [2.24, 2.45) is 35.1 Å². The van der Waals surface area contributed by atoms with Crippen molar-refractivity contribution in [2.75, 3.05) is 0 Å². The smallest absolute Gasteiger partial charge is 0.433 e. The Kier molecular flexibility index (Phi) is 5.59. The number of rotatable bonds is 6. The minimum Gasteiger partial charge on any atom is -0.442 e. The molecule has 0 saturated heterocycles. The molecule has 168 valence electrons. The number of nitrogens with one attached hydrogen (secondary N) is 2. The normalized spacial score (nSPS) is 36.1. The van der Waals surface area contributed by atoms with Crippen LogP contribution < -0.4 is 22.4 Å². The molecule has 0 aliphatic heterocycles. The van der Waals surface area contributed by atoms with Gasteiger partial charge in [-0.2, -0.15) is 11.0 Å². The van der Waals surface area contributed by atoms with Crippen molar-refractivity contribution < 1.29 is 43.1 Å². The molecule has 13 nitrogen and oxygen atoms in total. The maximum absolute atomic E-state index is 12.0. The molecule has 0 aromatic carbocycles. The molecule has 8 atom stereocenters. The van der Waals surface area contributed by atoms with E-state index in [2.05, 4.69) is 4.94 Å². The number of nitrogens with two attached hydrogens (primary N) is 2. The molecular formula is C18H22N4O9. The molecule has 4 rings (SSSR count). The van der Waals surface area contributed by atoms with Gasteiger partial charge in [-0.05, 0) is 12.8 Å². The van der Waals surface area contributed by atoms with Crippen LogP contribution in [0.25, 0.3) is 0 Å². The molecule has 31 heavy (non-hydrogen) atoms. The van der Waals surface area contributed by atoms with Crippen LogP contribution in [0.2, 0.25) is 0 Å². The average molecular weight is 438 g/mol. The SMILES string of the molecule is NC(=O)OC1C2C=CC(C2)C1OC(=O)NONC(=O)OC1C2C=CC(C2)C1OC(N)=O. The molecule has 4 aliphatic carbocycles. The number of primary amides is 2. The van der Waals surface area contributed by atoms with Gasteiger partial charge in [-0.15, -0.1) is 4.94 Å². The summed E-state index contributed by atoms with van der Waals surface area (Å²) in [7, 11) is 0. The molecule has 0 aromatic rings. The van der Waals surface area contributed by atoms with Gasteiger partial charge < -0.3 is 30.4 Å². The van der Waals surface area contributed by atoms with Crippen LogP contribution in [0.4, 0.5) is 19.2 Å². The fourth-order valence-corrected chi connectivity index (χ4v) is 4.75. The number of carbonyl (C=O) groups excluding carboxylic acids is 4. The lowest BCUT2D eigenvalue weighted by molar-refractivity contribution is -0.0702. The van der Waals surface area contributed by atoms with Gasteiger partial charge in [0.25, 0.3) is 0 Å². The molecule has 4 bridgehead atoms. The second-order valence-electron chi connectivity index (χ2n) is 7.75. The molecule has 2 fully saturated rings. The van der Waals surface area contributed by atoms with Gasteiger partial charge in [0.05, 0.1) is 0 Å². The van der Waals surface area contributed by atoms with Crippen molar-refractivity contribution in [3.8, 4) is 0 Å². The summed E-state index contributed by atoms with van der Waals surface area (Å²) in [4.78, 5) is 50.7. The largest absolute Gasteiger partial charge is 0.442 e. The fraction of sp³-hybridized carbons (Fsp3) is 0.556. The van der Waals surface area contributed by atoms with Crippen LogP contribution in [0.5, 0.6) is 0 Å². The minimum absolute atomic E-state index is 0.0873. The molecule has 8 unspecified atom stereocenters. The average Bonchev–Trinajstić information content (AvgIpc) is 3.45. The summed E-state index contributed by atoms with van der Waals surface area (Å²) in [6.07, 6.45) is 2.02. The van der Waals surface area contributed by atoms with E-state index in [9.17, 15) is 19.2 Å². The zero-order chi connectivity index (χ0) is 22.1. The van der Waals surface area contributed by atoms with Crippen LogP contribution in [0.3, 0.4) is 0 Å². The molecule has 0 radical (unpaired) electrons. The van der Waals surface area contributed by atoms with Crippen LogP contribution >= 0.6 is 0 Å². The van der Waals surface area contributed by atoms with E-state index in [0.29, 0.717) is 12.8 Å². The van der Waals surface area contributed by atoms with E-state index in [4.69, 9.17) is 30.4 Å². The van der Waals surface area contributed by atoms with Crippen molar-refractivity contribution in [3.63, 3.8) is 0 Å². The number of fused-ring (bicyclic) bond motifs is 4. The highest BCUT2D eigenvalue weighted by molar-refractivity contribution is 5.69. The van der Waals surface area contributed by atoms with Crippen LogP contribution in [-0.4, -0.2) is 48.8 Å². The second-order valence-corrected chi connectivity index (χ2v) is 7.75. The lowest BCUT2D eigenvalue weighted by Crippen LogP contribution is -2.44. The topological polar surface area (TPSA) is 191 Å². The van der Waals surface area contributed by atoms with Crippen LogP contribution in [-0.2, 0) is 23.9 Å². The Balaban J connectivity index is 1.21. The van der Waals surface area contributed by atoms with Crippen LogP contribution in [0.1, 0.15) is 12.8 Å². The summed E-state index contributed by atoms with van der Waals surface area (Å²) in [5.41, 5.74) is 13.9. The Hall–Kier alpha value is -3.48. The first-order valence-electron chi connectivity index (χ1n) is 9.69. The maximum atomic E-state index is 12.0. The first-order valence-corrected chi connectivity index (χ1v) is 9.69. The Labute approximate surface area is 175 Å². The number of ether oxygens (including phenoxy) is 4. The van der Waals surface area contributed by atoms with E-state index in [-0.39, 0.29) is 23.7 Å². The van der Waals surface area contributed by atoms with Gasteiger partial charge in [-0.3, -0.25) is 0 Å². The maximum Gasteiger partial charge on any atom is 0.433 e. The van der Waals surface area contributed by atoms with Crippen molar-refractivity contribution in [1.29, 1.82) is 0 Å². The molecule has 0 spiro atoms. The summed E-state index contributed by atoms with van der Waals surface area (Å²) >= 11 is 0. The highest BCUT2D eigenvalue weighted by Gasteiger charge is 2.50. The lowest BCUT2D eigenvalue weighted by Gasteiger charge is -2.27. The number of carbonyl (C=O) groups is 4. The molecule has 4 amide bonds. The molecule has 0 aromatic heterocycles. The van der Waals surface area contributed by atoms with E-state index in [1.54, 1.807) is 0 Å². The van der Waals surface area contributed by atoms with Gasteiger partial charge in [0.1, 0.15) is 24.4 Å². The molecule has 4 aliphatic rings. The Bertz CT molecular complexity index is 765. The summed E-state index contributed by atoms with van der Waals surface area (Å²) in [5.74, 6) is -0.413. The molecular weight excluding hydrogens is 416 g/mol. The summed E-state index contributed by atoms with van der Waals surface area (Å²) in [5, 5.41) is 0. The molecule has 0 heterocycles. The monoisotopic (exact) mass is 438 g/mol. The summed E-state index contributed by atoms with van der Waals surface area (Å²) in [6.45, 7) is 0. The summed E-state index contributed by atoms with van der Waals surface area (Å²) in [6, 6.07) is 0. The van der Waals surface area contributed by atoms with Crippen LogP contribution in [0, 0.1) is 23.7 Å². The second kappa shape index (κ2) is 8.34. The van der Waals surface area contributed by atoms with Crippen molar-refractivity contribution in [1.82, 2.24) is 11.0 Å². The molecule has 13 heteroatoms. The standard InChI is InChI=1S/C18H22N4O9/c19-15(23)27-11-7-1-3-9(5-7)13(11)29-17(25)21-31-22-18(26)30-14-10-4-2-8(6-10)12(14)28-16(20)24/h1-4,7-14H,5-6H2,(H2,19,23)(H2,20,24)(H,21,25)(H,22,26). The Morgan fingerprint density at radius 1 is 0.613 bits per heavy atom. The third-order valence-electron chi connectivity index (χ3n) is 5.89. The van der Waals surface area contributed by atoms with E-state index in [1.807, 2.05) is 35.3 Å². The van der Waals surface area contributed by atoms with Gasteiger partial charge in [0.2, 0.25) is 0 Å². The highest BCUT2D eigenvalue weighted by Crippen LogP contribution is 2.43. The zero-order valence-corrected chi connectivity index (χ0v) is 16.2. The number of hydroxylamine groups is 2. The Morgan fingerprint density at radius 3 is 1.26 bits per heavy atom. The van der Waals surface area contributed by atoms with E-state index < -0.39 is 48.8 Å². The predicted octanol–water partition coefficient (Wildman–Crippen LogP) is 0.362. The predicted molar refractivity (Wildman–Crippen MR) is 98.3 cm³/mol. The third-order valence-corrected chi connectivity index (χ3v) is 5.89. The number of hydrogen-bond acceptors (Lipinski definition) is 9. The van der Waals surface area contributed by atoms with E-state index in [0.717, 1.165) is 0 Å². The zero-order valence-electron chi connectivity index (χ0n) is 16.2. The van der Waals surface area contributed by atoms with Crippen molar-refractivity contribution in [3.05, 3.63) is 24.3 Å². The first kappa shape index (κ1) is 20.8. The van der Waals surface area contributed by atoms with Gasteiger partial charge in [-0.1, -0.05) is 24.3 Å². The Morgan fingerprint density at radius 2 is 0.935 bits per heavy atom. The minimum atomic E-state index is -1.01. The van der Waals surface area contributed by atoms with Crippen molar-refractivity contribution in [2.45, 2.75) is 37.3 Å². The summed E-state index contributed by atoms with van der Waals surface area (Å²) < 4.78 is 20.6. The first-order chi connectivity index (χ1) is 14.8. The van der Waals surface area contributed by atoms with Gasteiger partial charge in [-0.25, -0.2) is 19.2 Å². The van der Waals surface area contributed by atoms with Gasteiger partial charge in [0.15, 0.2) is 0 Å². The van der Waals surface area contributed by atoms with Crippen molar-refractivity contribution >= 4 is 24.4 Å². The number of amides is 4. The lowest BCUT2D eigenvalue weighted by atomic mass is 10.0. The highest BCUT2D eigenvalue weighted by atomic mass is 16.8. The van der Waals surface area contributed by atoms with Crippen LogP contribution in [0.15, 0.2) is 24.3 Å². The van der Waals surface area contributed by atoms with Gasteiger partial charge >= 0.3 is 24.4 Å². The quantitative estimate of drug-likeness (QED) is 0.258. The molecule has 2 saturated carbocycles. The fourth-order valence-electron chi connectivity index (χ4n) is 4.75. The van der Waals surface area contributed by atoms with E-state index in [1.165, 1.54) is 0 Å². The van der Waals surface area contributed by atoms with E-state index >= 15 is 0 Å².